The Balaban J connectivity index is 1.84. The van der Waals surface area contributed by atoms with E-state index in [0.717, 1.165) is 5.56 Å². The van der Waals surface area contributed by atoms with Gasteiger partial charge < -0.3 is 14.5 Å². The standard InChI is InChI=1S/C14H17BN2O5/c1-17-9-13(19)21-15(22-14(20)10-17)16-12(18)8-7-11-5-3-2-4-6-11/h2-6H,7-10H2,1H3,(H,16,18). The van der Waals surface area contributed by atoms with E-state index in [1.165, 1.54) is 4.90 Å². The van der Waals surface area contributed by atoms with Crippen molar-refractivity contribution in [3.8, 4) is 0 Å². The average Bonchev–Trinajstić information content (AvgIpc) is 2.44. The summed E-state index contributed by atoms with van der Waals surface area (Å²) in [6, 6.07) is 9.51. The third-order valence-corrected chi connectivity index (χ3v) is 3.04. The van der Waals surface area contributed by atoms with Crippen LogP contribution in [0.5, 0.6) is 0 Å². The van der Waals surface area contributed by atoms with Crippen LogP contribution in [0.15, 0.2) is 30.3 Å². The number of nitrogens with zero attached hydrogens (tertiary/aromatic N) is 1. The molecule has 8 heteroatoms. The first-order valence-electron chi connectivity index (χ1n) is 6.94. The Morgan fingerprint density at radius 1 is 1.18 bits per heavy atom. The molecule has 0 unspecified atom stereocenters. The van der Waals surface area contributed by atoms with Gasteiger partial charge in [0.2, 0.25) is 5.91 Å². The lowest BCUT2D eigenvalue weighted by atomic mass is 10.1. The fourth-order valence-electron chi connectivity index (χ4n) is 2.00. The molecular formula is C14H17BN2O5. The van der Waals surface area contributed by atoms with Gasteiger partial charge in [-0.1, -0.05) is 30.3 Å². The largest absolute Gasteiger partial charge is 0.741 e. The molecule has 1 heterocycles. The summed E-state index contributed by atoms with van der Waals surface area (Å²) in [6.45, 7) is -0.0724. The Morgan fingerprint density at radius 3 is 2.36 bits per heavy atom. The van der Waals surface area contributed by atoms with Crippen molar-refractivity contribution >= 4 is 25.1 Å². The highest BCUT2D eigenvalue weighted by atomic mass is 16.7. The minimum Gasteiger partial charge on any atom is -0.479 e. The van der Waals surface area contributed by atoms with Crippen LogP contribution in [0.1, 0.15) is 12.0 Å². The molecule has 0 radical (unpaired) electrons. The molecule has 1 N–H and O–H groups in total. The predicted octanol–water partition coefficient (Wildman–Crippen LogP) is -0.248. The number of amides is 1. The van der Waals surface area contributed by atoms with E-state index in [9.17, 15) is 14.4 Å². The molecule has 0 aliphatic carbocycles. The minimum absolute atomic E-state index is 0.0362. The van der Waals surface area contributed by atoms with E-state index in [2.05, 4.69) is 5.23 Å². The maximum absolute atomic E-state index is 11.9. The molecule has 7 nitrogen and oxygen atoms in total. The van der Waals surface area contributed by atoms with Gasteiger partial charge in [0.25, 0.3) is 0 Å². The minimum atomic E-state index is -1.36. The van der Waals surface area contributed by atoms with E-state index in [1.54, 1.807) is 7.05 Å². The summed E-state index contributed by atoms with van der Waals surface area (Å²) in [5, 5.41) is 2.39. The van der Waals surface area contributed by atoms with Gasteiger partial charge in [0.05, 0.1) is 13.1 Å². The van der Waals surface area contributed by atoms with E-state index in [4.69, 9.17) is 9.31 Å². The first-order chi connectivity index (χ1) is 10.5. The second kappa shape index (κ2) is 7.60. The van der Waals surface area contributed by atoms with Gasteiger partial charge in [-0.2, -0.15) is 0 Å². The smallest absolute Gasteiger partial charge is 0.479 e. The Morgan fingerprint density at radius 2 is 1.77 bits per heavy atom. The Hall–Kier alpha value is -2.35. The fourth-order valence-corrected chi connectivity index (χ4v) is 2.00. The SMILES string of the molecule is CN1CC(=O)OB(NC(=O)CCc2ccccc2)OC(=O)C1. The number of hydrogen-bond acceptors (Lipinski definition) is 6. The van der Waals surface area contributed by atoms with Gasteiger partial charge in [-0.3, -0.25) is 19.3 Å². The molecule has 0 saturated carbocycles. The van der Waals surface area contributed by atoms with Crippen molar-refractivity contribution in [1.82, 2.24) is 10.1 Å². The van der Waals surface area contributed by atoms with E-state index in [-0.39, 0.29) is 25.4 Å². The van der Waals surface area contributed by atoms with Crippen LogP contribution in [0, 0.1) is 0 Å². The van der Waals surface area contributed by atoms with Crippen LogP contribution in [0.25, 0.3) is 0 Å². The first-order valence-corrected chi connectivity index (χ1v) is 6.94. The molecule has 1 aliphatic rings. The number of rotatable bonds is 4. The lowest BCUT2D eigenvalue weighted by Gasteiger charge is -2.22. The highest BCUT2D eigenvalue weighted by molar-refractivity contribution is 6.49. The maximum atomic E-state index is 11.9. The van der Waals surface area contributed by atoms with Crippen molar-refractivity contribution < 1.29 is 23.7 Å². The van der Waals surface area contributed by atoms with Crippen LogP contribution in [0.3, 0.4) is 0 Å². The third kappa shape index (κ3) is 5.21. The highest BCUT2D eigenvalue weighted by Gasteiger charge is 2.34. The summed E-state index contributed by atoms with van der Waals surface area (Å²) in [6.07, 6.45) is 0.750. The van der Waals surface area contributed by atoms with Crippen molar-refractivity contribution in [3.05, 3.63) is 35.9 Å². The molecule has 0 aromatic heterocycles. The van der Waals surface area contributed by atoms with Crippen LogP contribution in [-0.4, -0.2) is 50.1 Å². The van der Waals surface area contributed by atoms with Crippen LogP contribution in [-0.2, 0) is 30.1 Å². The van der Waals surface area contributed by atoms with Crippen molar-refractivity contribution in [1.29, 1.82) is 0 Å². The zero-order valence-corrected chi connectivity index (χ0v) is 12.3. The number of aryl methyl sites for hydroxylation is 1. The molecular weight excluding hydrogens is 287 g/mol. The second-order valence-corrected chi connectivity index (χ2v) is 5.04. The predicted molar refractivity (Wildman–Crippen MR) is 78.3 cm³/mol. The van der Waals surface area contributed by atoms with Gasteiger partial charge in [0.15, 0.2) is 0 Å². The molecule has 0 bridgehead atoms. The van der Waals surface area contributed by atoms with Crippen molar-refractivity contribution in [2.75, 3.05) is 20.1 Å². The third-order valence-electron chi connectivity index (χ3n) is 3.04. The Kier molecular flexibility index (Phi) is 5.54. The summed E-state index contributed by atoms with van der Waals surface area (Å²) in [5.74, 6) is -1.49. The lowest BCUT2D eigenvalue weighted by molar-refractivity contribution is -0.146. The molecule has 22 heavy (non-hydrogen) atoms. The summed E-state index contributed by atoms with van der Waals surface area (Å²) in [5.41, 5.74) is 1.02. The summed E-state index contributed by atoms with van der Waals surface area (Å²) in [7, 11) is 0.235. The summed E-state index contributed by atoms with van der Waals surface area (Å²) in [4.78, 5) is 36.4. The average molecular weight is 304 g/mol. The number of carbonyl (C=O) groups is 3. The molecule has 1 aliphatic heterocycles. The zero-order valence-electron chi connectivity index (χ0n) is 12.3. The van der Waals surface area contributed by atoms with E-state index >= 15 is 0 Å². The quantitative estimate of drug-likeness (QED) is 0.772. The topological polar surface area (TPSA) is 84.9 Å². The normalized spacial score (nSPS) is 16.3. The van der Waals surface area contributed by atoms with Gasteiger partial charge in [-0.05, 0) is 19.0 Å². The number of hydrogen-bond donors (Lipinski definition) is 1. The number of likely N-dealkylation sites (N-methyl/N-ethyl adjacent to an activating group) is 1. The van der Waals surface area contributed by atoms with Gasteiger partial charge in [-0.15, -0.1) is 0 Å². The zero-order chi connectivity index (χ0) is 15.9. The summed E-state index contributed by atoms with van der Waals surface area (Å²) >= 11 is 0. The van der Waals surface area contributed by atoms with Crippen LogP contribution in [0.2, 0.25) is 0 Å². The molecule has 0 spiro atoms. The molecule has 0 atom stereocenters. The van der Waals surface area contributed by atoms with E-state index < -0.39 is 19.2 Å². The van der Waals surface area contributed by atoms with Crippen LogP contribution >= 0.6 is 0 Å². The number of carbonyl (C=O) groups excluding carboxylic acids is 3. The maximum Gasteiger partial charge on any atom is 0.741 e. The molecule has 1 aromatic carbocycles. The molecule has 1 amide bonds. The first kappa shape index (κ1) is 16.0. The number of benzene rings is 1. The Labute approximate surface area is 128 Å². The van der Waals surface area contributed by atoms with Gasteiger partial charge >= 0.3 is 19.2 Å². The van der Waals surface area contributed by atoms with Gasteiger partial charge in [0.1, 0.15) is 0 Å². The fraction of sp³-hybridized carbons (Fsp3) is 0.357. The van der Waals surface area contributed by atoms with Crippen LogP contribution in [0.4, 0.5) is 0 Å². The van der Waals surface area contributed by atoms with E-state index in [1.807, 2.05) is 30.3 Å². The summed E-state index contributed by atoms with van der Waals surface area (Å²) < 4.78 is 9.80. The second-order valence-electron chi connectivity index (χ2n) is 5.04. The molecule has 2 rings (SSSR count). The molecule has 116 valence electrons. The van der Waals surface area contributed by atoms with Gasteiger partial charge in [0, 0.05) is 6.42 Å². The van der Waals surface area contributed by atoms with Crippen LogP contribution < -0.4 is 5.23 Å². The van der Waals surface area contributed by atoms with Gasteiger partial charge in [-0.25, -0.2) is 0 Å². The molecule has 1 saturated heterocycles. The van der Waals surface area contributed by atoms with Crippen molar-refractivity contribution in [2.45, 2.75) is 12.8 Å². The highest BCUT2D eigenvalue weighted by Crippen LogP contribution is 2.03. The van der Waals surface area contributed by atoms with Crippen molar-refractivity contribution in [3.63, 3.8) is 0 Å². The van der Waals surface area contributed by atoms with E-state index in [0.29, 0.717) is 6.42 Å². The monoisotopic (exact) mass is 304 g/mol. The molecule has 1 fully saturated rings. The Bertz CT molecular complexity index is 531. The number of nitrogens with one attached hydrogen (secondary N) is 1. The molecule has 1 aromatic rings. The lowest BCUT2D eigenvalue weighted by Crippen LogP contribution is -2.51. The van der Waals surface area contributed by atoms with Crippen molar-refractivity contribution in [2.24, 2.45) is 0 Å².